The molecule has 3 rings (SSSR count). The van der Waals surface area contributed by atoms with Crippen molar-refractivity contribution in [1.29, 1.82) is 0 Å². The molecule has 3 aromatic rings. The van der Waals surface area contributed by atoms with Crippen molar-refractivity contribution < 1.29 is 4.79 Å². The molecular formula is C19H21N5OS. The van der Waals surface area contributed by atoms with E-state index in [9.17, 15) is 4.79 Å². The fourth-order valence-electron chi connectivity index (χ4n) is 2.62. The monoisotopic (exact) mass is 367 g/mol. The maximum Gasteiger partial charge on any atom is 0.233 e. The van der Waals surface area contributed by atoms with Crippen molar-refractivity contribution in [3.8, 4) is 5.69 Å². The van der Waals surface area contributed by atoms with Crippen LogP contribution in [0.25, 0.3) is 16.7 Å². The number of hydrogen-bond donors (Lipinski definition) is 0. The van der Waals surface area contributed by atoms with Crippen molar-refractivity contribution in [3.05, 3.63) is 55.0 Å². The van der Waals surface area contributed by atoms with Crippen molar-refractivity contribution in [2.24, 2.45) is 0 Å². The van der Waals surface area contributed by atoms with Gasteiger partial charge in [0.05, 0.1) is 23.0 Å². The van der Waals surface area contributed by atoms with E-state index in [1.54, 1.807) is 15.8 Å². The number of hydrogen-bond acceptors (Lipinski definition) is 5. The Morgan fingerprint density at radius 1 is 1.27 bits per heavy atom. The van der Waals surface area contributed by atoms with Crippen LogP contribution in [-0.4, -0.2) is 49.4 Å². The summed E-state index contributed by atoms with van der Waals surface area (Å²) < 4.78 is 1.78. The van der Waals surface area contributed by atoms with Crippen LogP contribution in [0, 0.1) is 0 Å². The minimum atomic E-state index is 0.0720. The molecule has 1 amide bonds. The molecule has 0 aliphatic carbocycles. The third kappa shape index (κ3) is 3.94. The van der Waals surface area contributed by atoms with Crippen LogP contribution < -0.4 is 0 Å². The summed E-state index contributed by atoms with van der Waals surface area (Å²) in [5.41, 5.74) is 2.64. The van der Waals surface area contributed by atoms with E-state index in [2.05, 4.69) is 21.6 Å². The first kappa shape index (κ1) is 18.1. The molecule has 0 N–H and O–H groups in total. The highest BCUT2D eigenvalue weighted by molar-refractivity contribution is 8.00. The molecule has 0 radical (unpaired) electrons. The molecule has 1 aromatic carbocycles. The Bertz CT molecular complexity index is 922. The van der Waals surface area contributed by atoms with Gasteiger partial charge in [-0.2, -0.15) is 5.10 Å². The Hall–Kier alpha value is -2.67. The summed E-state index contributed by atoms with van der Waals surface area (Å²) in [5.74, 6) is 0.395. The summed E-state index contributed by atoms with van der Waals surface area (Å²) >= 11 is 1.41. The SMILES string of the molecule is C=C(C)CN(CC)C(=O)CSc1ncnc2c1cnn2-c1ccccc1. The largest absolute Gasteiger partial charge is 0.338 e. The van der Waals surface area contributed by atoms with E-state index in [1.807, 2.05) is 44.2 Å². The predicted octanol–water partition coefficient (Wildman–Crippen LogP) is 3.33. The number of thioether (sulfide) groups is 1. The number of carbonyl (C=O) groups excluding carboxylic acids is 1. The normalized spacial score (nSPS) is 10.8. The molecule has 0 aliphatic rings. The summed E-state index contributed by atoms with van der Waals surface area (Å²) in [4.78, 5) is 22.9. The van der Waals surface area contributed by atoms with Gasteiger partial charge < -0.3 is 4.90 Å². The number of aromatic nitrogens is 4. The Balaban J connectivity index is 1.80. The highest BCUT2D eigenvalue weighted by atomic mass is 32.2. The van der Waals surface area contributed by atoms with Gasteiger partial charge >= 0.3 is 0 Å². The molecule has 2 aromatic heterocycles. The van der Waals surface area contributed by atoms with Crippen LogP contribution in [0.5, 0.6) is 0 Å². The van der Waals surface area contributed by atoms with E-state index < -0.39 is 0 Å². The third-order valence-electron chi connectivity index (χ3n) is 3.86. The molecule has 0 bridgehead atoms. The summed E-state index contributed by atoms with van der Waals surface area (Å²) in [5, 5.41) is 6.04. The van der Waals surface area contributed by atoms with Crippen LogP contribution in [0.2, 0.25) is 0 Å². The maximum atomic E-state index is 12.4. The number of para-hydroxylation sites is 1. The van der Waals surface area contributed by atoms with Crippen molar-refractivity contribution >= 4 is 28.7 Å². The number of nitrogens with zero attached hydrogens (tertiary/aromatic N) is 5. The minimum absolute atomic E-state index is 0.0720. The number of benzene rings is 1. The third-order valence-corrected chi connectivity index (χ3v) is 4.85. The van der Waals surface area contributed by atoms with Gasteiger partial charge in [-0.25, -0.2) is 14.6 Å². The Morgan fingerprint density at radius 2 is 2.04 bits per heavy atom. The van der Waals surface area contributed by atoms with Gasteiger partial charge in [-0.1, -0.05) is 42.1 Å². The van der Waals surface area contributed by atoms with E-state index >= 15 is 0 Å². The lowest BCUT2D eigenvalue weighted by atomic mass is 10.3. The molecule has 0 fully saturated rings. The Kier molecular flexibility index (Phi) is 5.68. The van der Waals surface area contributed by atoms with Gasteiger partial charge in [0, 0.05) is 13.1 Å². The zero-order chi connectivity index (χ0) is 18.5. The average Bonchev–Trinajstić information content (AvgIpc) is 3.09. The lowest BCUT2D eigenvalue weighted by Gasteiger charge is -2.20. The molecule has 0 spiro atoms. The van der Waals surface area contributed by atoms with Crippen molar-refractivity contribution in [3.63, 3.8) is 0 Å². The molecule has 0 aliphatic heterocycles. The molecule has 7 heteroatoms. The van der Waals surface area contributed by atoms with Gasteiger partial charge in [0.25, 0.3) is 0 Å². The van der Waals surface area contributed by atoms with Crippen molar-refractivity contribution in [1.82, 2.24) is 24.6 Å². The number of carbonyl (C=O) groups is 1. The predicted molar refractivity (Wildman–Crippen MR) is 104 cm³/mol. The first-order valence-electron chi connectivity index (χ1n) is 8.39. The smallest absolute Gasteiger partial charge is 0.233 e. The minimum Gasteiger partial charge on any atom is -0.338 e. The number of amides is 1. The van der Waals surface area contributed by atoms with Crippen molar-refractivity contribution in [2.75, 3.05) is 18.8 Å². The fourth-order valence-corrected chi connectivity index (χ4v) is 3.48. The van der Waals surface area contributed by atoms with E-state index in [4.69, 9.17) is 0 Å². The lowest BCUT2D eigenvalue weighted by Crippen LogP contribution is -2.33. The zero-order valence-corrected chi connectivity index (χ0v) is 15.7. The average molecular weight is 367 g/mol. The highest BCUT2D eigenvalue weighted by Gasteiger charge is 2.15. The number of likely N-dealkylation sites (N-methyl/N-ethyl adjacent to an activating group) is 1. The second-order valence-corrected chi connectivity index (χ2v) is 6.93. The van der Waals surface area contributed by atoms with Gasteiger partial charge in [-0.15, -0.1) is 0 Å². The van der Waals surface area contributed by atoms with Crippen molar-refractivity contribution in [2.45, 2.75) is 18.9 Å². The zero-order valence-electron chi connectivity index (χ0n) is 14.9. The van der Waals surface area contributed by atoms with Crippen LogP contribution in [0.4, 0.5) is 0 Å². The standard InChI is InChI=1S/C19H21N5OS/c1-4-23(11-14(2)3)17(25)12-26-19-16-10-22-24(18(16)20-13-21-19)15-8-6-5-7-9-15/h5-10,13H,2,4,11-12H2,1,3H3. The topological polar surface area (TPSA) is 63.9 Å². The molecule has 0 unspecified atom stereocenters. The molecular weight excluding hydrogens is 346 g/mol. The molecule has 2 heterocycles. The lowest BCUT2D eigenvalue weighted by molar-refractivity contribution is -0.127. The van der Waals surface area contributed by atoms with Crippen LogP contribution in [0.1, 0.15) is 13.8 Å². The molecule has 6 nitrogen and oxygen atoms in total. The van der Waals surface area contributed by atoms with Crippen LogP contribution in [0.15, 0.2) is 60.0 Å². The molecule has 0 saturated heterocycles. The van der Waals surface area contributed by atoms with E-state index in [1.165, 1.54) is 18.1 Å². The summed E-state index contributed by atoms with van der Waals surface area (Å²) in [7, 11) is 0. The molecule has 26 heavy (non-hydrogen) atoms. The second-order valence-electron chi connectivity index (χ2n) is 5.96. The van der Waals surface area contributed by atoms with Gasteiger partial charge in [0.15, 0.2) is 5.65 Å². The molecule has 134 valence electrons. The first-order valence-corrected chi connectivity index (χ1v) is 9.37. The van der Waals surface area contributed by atoms with Crippen LogP contribution in [0.3, 0.4) is 0 Å². The molecule has 0 atom stereocenters. The Morgan fingerprint density at radius 3 is 2.73 bits per heavy atom. The summed E-state index contributed by atoms with van der Waals surface area (Å²) in [6, 6.07) is 9.82. The Labute approximate surface area is 156 Å². The van der Waals surface area contributed by atoms with Gasteiger partial charge in [-0.3, -0.25) is 4.79 Å². The first-order chi connectivity index (χ1) is 12.6. The van der Waals surface area contributed by atoms with E-state index in [-0.39, 0.29) is 5.91 Å². The van der Waals surface area contributed by atoms with E-state index in [0.717, 1.165) is 27.3 Å². The highest BCUT2D eigenvalue weighted by Crippen LogP contribution is 2.26. The van der Waals surface area contributed by atoms with Gasteiger partial charge in [0.2, 0.25) is 5.91 Å². The number of fused-ring (bicyclic) bond motifs is 1. The summed E-state index contributed by atoms with van der Waals surface area (Å²) in [6.07, 6.45) is 3.27. The number of rotatable bonds is 7. The quantitative estimate of drug-likeness (QED) is 0.364. The van der Waals surface area contributed by atoms with Gasteiger partial charge in [0.1, 0.15) is 11.4 Å². The summed E-state index contributed by atoms with van der Waals surface area (Å²) in [6.45, 7) is 9.03. The van der Waals surface area contributed by atoms with Crippen LogP contribution >= 0.6 is 11.8 Å². The van der Waals surface area contributed by atoms with Gasteiger partial charge in [-0.05, 0) is 26.0 Å². The molecule has 0 saturated carbocycles. The fraction of sp³-hybridized carbons (Fsp3) is 0.263. The van der Waals surface area contributed by atoms with Crippen LogP contribution in [-0.2, 0) is 4.79 Å². The maximum absolute atomic E-state index is 12.4. The second kappa shape index (κ2) is 8.14. The van der Waals surface area contributed by atoms with E-state index in [0.29, 0.717) is 18.8 Å².